The molecule has 1 heterocycles. The Morgan fingerprint density at radius 1 is 0.645 bits per heavy atom. The van der Waals surface area contributed by atoms with E-state index < -0.39 is 0 Å². The molecule has 0 atom stereocenters. The van der Waals surface area contributed by atoms with E-state index in [1.165, 1.54) is 22.3 Å². The third-order valence-corrected chi connectivity index (χ3v) is 6.06. The first kappa shape index (κ1) is 21.3. The normalized spacial score (nSPS) is 11.1. The Balaban J connectivity index is 1.65. The van der Waals surface area contributed by atoms with Crippen molar-refractivity contribution in [3.63, 3.8) is 0 Å². The predicted octanol–water partition coefficient (Wildman–Crippen LogP) is 7.22. The van der Waals surface area contributed by atoms with Crippen LogP contribution in [-0.4, -0.2) is 9.88 Å². The fourth-order valence-electron chi connectivity index (χ4n) is 3.86. The molecule has 4 aromatic rings. The second-order valence-corrected chi connectivity index (χ2v) is 8.40. The SMILES string of the molecule is Cc1ccccc1CN(Cc1ccccc1C)Cc1cc(-c2ccccc2)cnc1Cl. The molecule has 0 amide bonds. The fraction of sp³-hybridized carbons (Fsp3) is 0.179. The number of benzene rings is 3. The van der Waals surface area contributed by atoms with E-state index in [-0.39, 0.29) is 0 Å². The molecule has 0 fully saturated rings. The minimum atomic E-state index is 0.569. The molecular weight excluding hydrogens is 400 g/mol. The summed E-state index contributed by atoms with van der Waals surface area (Å²) >= 11 is 6.56. The molecule has 0 radical (unpaired) electrons. The lowest BCUT2D eigenvalue weighted by molar-refractivity contribution is 0.246. The molecule has 3 heteroatoms. The van der Waals surface area contributed by atoms with Gasteiger partial charge in [-0.2, -0.15) is 0 Å². The summed E-state index contributed by atoms with van der Waals surface area (Å²) in [5.41, 5.74) is 8.56. The van der Waals surface area contributed by atoms with Crippen LogP contribution in [0.5, 0.6) is 0 Å². The van der Waals surface area contributed by atoms with Crippen LogP contribution in [0.2, 0.25) is 5.15 Å². The van der Waals surface area contributed by atoms with Crippen molar-refractivity contribution in [3.8, 4) is 11.1 Å². The molecule has 0 saturated heterocycles. The largest absolute Gasteiger partial charge is 0.290 e. The topological polar surface area (TPSA) is 16.1 Å². The molecule has 2 nitrogen and oxygen atoms in total. The highest BCUT2D eigenvalue weighted by atomic mass is 35.5. The van der Waals surface area contributed by atoms with Gasteiger partial charge in [-0.05, 0) is 47.7 Å². The highest BCUT2D eigenvalue weighted by Gasteiger charge is 2.14. The van der Waals surface area contributed by atoms with E-state index in [0.717, 1.165) is 36.3 Å². The first-order chi connectivity index (χ1) is 15.1. The maximum atomic E-state index is 6.56. The summed E-state index contributed by atoms with van der Waals surface area (Å²) < 4.78 is 0. The Hall–Kier alpha value is -2.94. The standard InChI is InChI=1S/C28H27ClN2/c1-21-10-6-8-14-24(21)18-31(19-25-15-9-7-11-22(25)2)20-27-16-26(17-30-28(27)29)23-12-4-3-5-13-23/h3-17H,18-20H2,1-2H3. The smallest absolute Gasteiger partial charge is 0.133 e. The van der Waals surface area contributed by atoms with Gasteiger partial charge in [0.2, 0.25) is 0 Å². The number of rotatable bonds is 7. The summed E-state index contributed by atoms with van der Waals surface area (Å²) in [5, 5.41) is 0.569. The third kappa shape index (κ3) is 5.41. The Kier molecular flexibility index (Phi) is 6.81. The van der Waals surface area contributed by atoms with Crippen LogP contribution in [0, 0.1) is 13.8 Å². The first-order valence-electron chi connectivity index (χ1n) is 10.6. The predicted molar refractivity (Wildman–Crippen MR) is 130 cm³/mol. The van der Waals surface area contributed by atoms with Gasteiger partial charge in [-0.25, -0.2) is 4.98 Å². The molecule has 0 saturated carbocycles. The average Bonchev–Trinajstić information content (AvgIpc) is 2.79. The molecule has 0 bridgehead atoms. The van der Waals surface area contributed by atoms with Crippen LogP contribution in [0.15, 0.2) is 91.1 Å². The Labute approximate surface area is 190 Å². The van der Waals surface area contributed by atoms with Crippen LogP contribution >= 0.6 is 11.6 Å². The van der Waals surface area contributed by atoms with E-state index in [1.54, 1.807) is 0 Å². The molecule has 0 aliphatic carbocycles. The fourth-order valence-corrected chi connectivity index (χ4v) is 4.02. The molecule has 0 N–H and O–H groups in total. The monoisotopic (exact) mass is 426 g/mol. The van der Waals surface area contributed by atoms with Gasteiger partial charge in [-0.1, -0.05) is 90.5 Å². The molecule has 31 heavy (non-hydrogen) atoms. The van der Waals surface area contributed by atoms with Crippen molar-refractivity contribution in [2.75, 3.05) is 0 Å². The van der Waals surface area contributed by atoms with Gasteiger partial charge in [0.1, 0.15) is 5.15 Å². The maximum absolute atomic E-state index is 6.56. The number of hydrogen-bond acceptors (Lipinski definition) is 2. The van der Waals surface area contributed by atoms with Crippen LogP contribution in [-0.2, 0) is 19.6 Å². The third-order valence-electron chi connectivity index (χ3n) is 5.72. The minimum absolute atomic E-state index is 0.569. The number of aryl methyl sites for hydroxylation is 2. The van der Waals surface area contributed by atoms with Gasteiger partial charge in [0.25, 0.3) is 0 Å². The van der Waals surface area contributed by atoms with Gasteiger partial charge in [-0.3, -0.25) is 4.90 Å². The molecule has 0 unspecified atom stereocenters. The van der Waals surface area contributed by atoms with Gasteiger partial charge in [0.05, 0.1) is 0 Å². The van der Waals surface area contributed by atoms with Crippen molar-refractivity contribution in [1.29, 1.82) is 0 Å². The summed E-state index contributed by atoms with van der Waals surface area (Å²) in [6, 6.07) is 29.7. The van der Waals surface area contributed by atoms with E-state index in [0.29, 0.717) is 5.15 Å². The van der Waals surface area contributed by atoms with E-state index in [4.69, 9.17) is 11.6 Å². The molecule has 3 aromatic carbocycles. The lowest BCUT2D eigenvalue weighted by atomic mass is 10.0. The summed E-state index contributed by atoms with van der Waals surface area (Å²) in [6.45, 7) is 6.78. The number of hydrogen-bond donors (Lipinski definition) is 0. The van der Waals surface area contributed by atoms with Crippen molar-refractivity contribution in [2.45, 2.75) is 33.5 Å². The van der Waals surface area contributed by atoms with Crippen LogP contribution < -0.4 is 0 Å². The van der Waals surface area contributed by atoms with E-state index in [9.17, 15) is 0 Å². The second-order valence-electron chi connectivity index (χ2n) is 8.04. The van der Waals surface area contributed by atoms with Crippen molar-refractivity contribution >= 4 is 11.6 Å². The second kappa shape index (κ2) is 9.91. The van der Waals surface area contributed by atoms with E-state index in [2.05, 4.69) is 90.5 Å². The van der Waals surface area contributed by atoms with Crippen LogP contribution in [0.1, 0.15) is 27.8 Å². The highest BCUT2D eigenvalue weighted by Crippen LogP contribution is 2.26. The molecule has 0 spiro atoms. The quantitative estimate of drug-likeness (QED) is 0.290. The Morgan fingerprint density at radius 2 is 1.16 bits per heavy atom. The summed E-state index contributed by atoms with van der Waals surface area (Å²) in [7, 11) is 0. The number of nitrogens with zero attached hydrogens (tertiary/aromatic N) is 2. The molecule has 0 aliphatic rings. The lowest BCUT2D eigenvalue weighted by Gasteiger charge is -2.25. The van der Waals surface area contributed by atoms with Crippen molar-refractivity contribution < 1.29 is 0 Å². The average molecular weight is 427 g/mol. The first-order valence-corrected chi connectivity index (χ1v) is 11.0. The van der Waals surface area contributed by atoms with Crippen molar-refractivity contribution in [1.82, 2.24) is 9.88 Å². The number of halogens is 1. The molecular formula is C28H27ClN2. The lowest BCUT2D eigenvalue weighted by Crippen LogP contribution is -2.23. The Bertz CT molecular complexity index is 1110. The number of aromatic nitrogens is 1. The van der Waals surface area contributed by atoms with Gasteiger partial charge < -0.3 is 0 Å². The molecule has 4 rings (SSSR count). The maximum Gasteiger partial charge on any atom is 0.133 e. The van der Waals surface area contributed by atoms with Crippen LogP contribution in [0.25, 0.3) is 11.1 Å². The highest BCUT2D eigenvalue weighted by molar-refractivity contribution is 6.30. The summed E-state index contributed by atoms with van der Waals surface area (Å²) in [4.78, 5) is 6.94. The van der Waals surface area contributed by atoms with Gasteiger partial charge >= 0.3 is 0 Å². The Morgan fingerprint density at radius 3 is 1.74 bits per heavy atom. The zero-order valence-electron chi connectivity index (χ0n) is 18.1. The van der Waals surface area contributed by atoms with Crippen molar-refractivity contribution in [2.24, 2.45) is 0 Å². The zero-order chi connectivity index (χ0) is 21.6. The number of pyridine rings is 1. The van der Waals surface area contributed by atoms with Crippen LogP contribution in [0.4, 0.5) is 0 Å². The van der Waals surface area contributed by atoms with E-state index >= 15 is 0 Å². The summed E-state index contributed by atoms with van der Waals surface area (Å²) in [6.07, 6.45) is 1.86. The molecule has 0 aliphatic heterocycles. The molecule has 156 valence electrons. The zero-order valence-corrected chi connectivity index (χ0v) is 18.8. The van der Waals surface area contributed by atoms with Crippen molar-refractivity contribution in [3.05, 3.63) is 124 Å². The van der Waals surface area contributed by atoms with Gasteiger partial charge in [-0.15, -0.1) is 0 Å². The molecule has 1 aromatic heterocycles. The summed E-state index contributed by atoms with van der Waals surface area (Å²) in [5.74, 6) is 0. The minimum Gasteiger partial charge on any atom is -0.290 e. The van der Waals surface area contributed by atoms with E-state index in [1.807, 2.05) is 24.4 Å². The van der Waals surface area contributed by atoms with Gasteiger partial charge in [0.15, 0.2) is 0 Å². The van der Waals surface area contributed by atoms with Gasteiger partial charge in [0, 0.05) is 37.0 Å². The van der Waals surface area contributed by atoms with Crippen LogP contribution in [0.3, 0.4) is 0 Å².